The van der Waals surface area contributed by atoms with Crippen LogP contribution in [0.2, 0.25) is 0 Å². The molecule has 1 heterocycles. The SMILES string of the molecule is CC(Nc1nc2ccccc2s1)C(=O)NNC(=O)Cc1ccc([N+](=O)[O-])cc1. The molecule has 0 radical (unpaired) electrons. The van der Waals surface area contributed by atoms with Gasteiger partial charge in [0.15, 0.2) is 5.13 Å². The molecule has 28 heavy (non-hydrogen) atoms. The number of carbonyl (C=O) groups excluding carboxylic acids is 2. The summed E-state index contributed by atoms with van der Waals surface area (Å²) in [5.41, 5.74) is 6.08. The van der Waals surface area contributed by atoms with Gasteiger partial charge in [0.1, 0.15) is 6.04 Å². The number of hydrazine groups is 1. The highest BCUT2D eigenvalue weighted by molar-refractivity contribution is 7.22. The van der Waals surface area contributed by atoms with Gasteiger partial charge in [0.25, 0.3) is 11.6 Å². The van der Waals surface area contributed by atoms with E-state index in [1.165, 1.54) is 35.6 Å². The molecule has 3 rings (SSSR count). The van der Waals surface area contributed by atoms with Crippen molar-refractivity contribution < 1.29 is 14.5 Å². The molecule has 1 unspecified atom stereocenters. The minimum atomic E-state index is -0.611. The van der Waals surface area contributed by atoms with Gasteiger partial charge >= 0.3 is 0 Å². The maximum Gasteiger partial charge on any atom is 0.269 e. The number of nitro groups is 1. The van der Waals surface area contributed by atoms with Gasteiger partial charge in [-0.3, -0.25) is 30.6 Å². The van der Waals surface area contributed by atoms with E-state index in [4.69, 9.17) is 0 Å². The lowest BCUT2D eigenvalue weighted by molar-refractivity contribution is -0.384. The molecule has 3 N–H and O–H groups in total. The van der Waals surface area contributed by atoms with Crippen molar-refractivity contribution in [2.45, 2.75) is 19.4 Å². The van der Waals surface area contributed by atoms with Gasteiger partial charge in [-0.15, -0.1) is 0 Å². The van der Waals surface area contributed by atoms with E-state index in [2.05, 4.69) is 21.2 Å². The Hall–Kier alpha value is -3.53. The number of aromatic nitrogens is 1. The molecule has 1 atom stereocenters. The number of nitro benzene ring substituents is 1. The molecule has 0 bridgehead atoms. The smallest absolute Gasteiger partial charge is 0.269 e. The second-order valence-corrected chi connectivity index (χ2v) is 7.02. The Morgan fingerprint density at radius 2 is 1.86 bits per heavy atom. The topological polar surface area (TPSA) is 126 Å². The van der Waals surface area contributed by atoms with Gasteiger partial charge in [0.2, 0.25) is 5.91 Å². The van der Waals surface area contributed by atoms with Crippen LogP contribution in [0, 0.1) is 10.1 Å². The molecule has 0 aliphatic carbocycles. The molecule has 3 aromatic rings. The maximum absolute atomic E-state index is 12.2. The van der Waals surface area contributed by atoms with Crippen molar-refractivity contribution in [3.05, 3.63) is 64.2 Å². The Labute approximate surface area is 163 Å². The number of thiazole rings is 1. The fraction of sp³-hybridized carbons (Fsp3) is 0.167. The molecular weight excluding hydrogens is 382 g/mol. The van der Waals surface area contributed by atoms with Crippen LogP contribution in [0.5, 0.6) is 0 Å². The van der Waals surface area contributed by atoms with Crippen LogP contribution in [-0.4, -0.2) is 27.8 Å². The van der Waals surface area contributed by atoms with Crippen LogP contribution in [-0.2, 0) is 16.0 Å². The van der Waals surface area contributed by atoms with E-state index in [9.17, 15) is 19.7 Å². The minimum Gasteiger partial charge on any atom is -0.350 e. The number of non-ortho nitro benzene ring substituents is 1. The van der Waals surface area contributed by atoms with E-state index in [1.54, 1.807) is 6.92 Å². The van der Waals surface area contributed by atoms with E-state index in [0.29, 0.717) is 10.7 Å². The zero-order valence-corrected chi connectivity index (χ0v) is 15.7. The largest absolute Gasteiger partial charge is 0.350 e. The molecule has 2 amide bonds. The predicted molar refractivity (Wildman–Crippen MR) is 106 cm³/mol. The monoisotopic (exact) mass is 399 g/mol. The Morgan fingerprint density at radius 1 is 1.14 bits per heavy atom. The van der Waals surface area contributed by atoms with Crippen molar-refractivity contribution in [1.29, 1.82) is 0 Å². The molecule has 0 saturated heterocycles. The van der Waals surface area contributed by atoms with Gasteiger partial charge in [-0.2, -0.15) is 0 Å². The summed E-state index contributed by atoms with van der Waals surface area (Å²) >= 11 is 1.43. The summed E-state index contributed by atoms with van der Waals surface area (Å²) in [6.45, 7) is 1.66. The number of amides is 2. The first-order valence-corrected chi connectivity index (χ1v) is 9.18. The van der Waals surface area contributed by atoms with Crippen molar-refractivity contribution in [2.24, 2.45) is 0 Å². The standard InChI is InChI=1S/C18H17N5O4S/c1-11(19-18-20-14-4-2-3-5-15(14)28-18)17(25)22-21-16(24)10-12-6-8-13(9-7-12)23(26)27/h2-9,11H,10H2,1H3,(H,19,20)(H,21,24)(H,22,25). The second kappa shape index (κ2) is 8.44. The number of nitrogens with one attached hydrogen (secondary N) is 3. The first-order chi connectivity index (χ1) is 13.4. The maximum atomic E-state index is 12.2. The number of nitrogens with zero attached hydrogens (tertiary/aromatic N) is 2. The van der Waals surface area contributed by atoms with Gasteiger partial charge < -0.3 is 5.32 Å². The predicted octanol–water partition coefficient (Wildman–Crippen LogP) is 2.40. The molecule has 144 valence electrons. The molecular formula is C18H17N5O4S. The van der Waals surface area contributed by atoms with Crippen molar-refractivity contribution in [3.8, 4) is 0 Å². The number of hydrogen-bond donors (Lipinski definition) is 3. The third-order valence-electron chi connectivity index (χ3n) is 3.86. The highest BCUT2D eigenvalue weighted by atomic mass is 32.1. The first-order valence-electron chi connectivity index (χ1n) is 8.36. The van der Waals surface area contributed by atoms with Gasteiger partial charge in [-0.05, 0) is 24.6 Å². The lowest BCUT2D eigenvalue weighted by Crippen LogP contribution is -2.48. The van der Waals surface area contributed by atoms with Crippen molar-refractivity contribution >= 4 is 44.2 Å². The summed E-state index contributed by atoms with van der Waals surface area (Å²) in [7, 11) is 0. The summed E-state index contributed by atoms with van der Waals surface area (Å²) in [6, 6.07) is 12.7. The summed E-state index contributed by atoms with van der Waals surface area (Å²) in [5.74, 6) is -0.856. The van der Waals surface area contributed by atoms with Crippen LogP contribution < -0.4 is 16.2 Å². The number of benzene rings is 2. The zero-order chi connectivity index (χ0) is 20.1. The highest BCUT2D eigenvalue weighted by Gasteiger charge is 2.15. The fourth-order valence-corrected chi connectivity index (χ4v) is 3.34. The van der Waals surface area contributed by atoms with E-state index >= 15 is 0 Å². The summed E-state index contributed by atoms with van der Waals surface area (Å²) in [5, 5.41) is 14.2. The lowest BCUT2D eigenvalue weighted by atomic mass is 10.1. The number of anilines is 1. The van der Waals surface area contributed by atoms with Crippen LogP contribution >= 0.6 is 11.3 Å². The quantitative estimate of drug-likeness (QED) is 0.432. The number of para-hydroxylation sites is 1. The zero-order valence-electron chi connectivity index (χ0n) is 14.8. The van der Waals surface area contributed by atoms with Crippen LogP contribution in [0.15, 0.2) is 48.5 Å². The molecule has 2 aromatic carbocycles. The average Bonchev–Trinajstić information content (AvgIpc) is 3.08. The molecule has 9 nitrogen and oxygen atoms in total. The van der Waals surface area contributed by atoms with Crippen LogP contribution in [0.3, 0.4) is 0 Å². The number of rotatable bonds is 6. The Morgan fingerprint density at radius 3 is 2.54 bits per heavy atom. The summed E-state index contributed by atoms with van der Waals surface area (Å²) in [4.78, 5) is 38.6. The van der Waals surface area contributed by atoms with E-state index in [0.717, 1.165) is 10.2 Å². The van der Waals surface area contributed by atoms with Gasteiger partial charge in [0.05, 0.1) is 21.6 Å². The summed E-state index contributed by atoms with van der Waals surface area (Å²) < 4.78 is 1.01. The second-order valence-electron chi connectivity index (χ2n) is 5.99. The molecule has 10 heteroatoms. The van der Waals surface area contributed by atoms with Crippen molar-refractivity contribution in [2.75, 3.05) is 5.32 Å². The third kappa shape index (κ3) is 4.80. The van der Waals surface area contributed by atoms with E-state index in [1.807, 2.05) is 24.3 Å². The molecule has 0 aliphatic rings. The van der Waals surface area contributed by atoms with E-state index in [-0.39, 0.29) is 12.1 Å². The highest BCUT2D eigenvalue weighted by Crippen LogP contribution is 2.25. The Kier molecular flexibility index (Phi) is 5.80. The normalized spacial score (nSPS) is 11.6. The molecule has 1 aromatic heterocycles. The number of hydrogen-bond acceptors (Lipinski definition) is 7. The fourth-order valence-electron chi connectivity index (χ4n) is 2.39. The summed E-state index contributed by atoms with van der Waals surface area (Å²) in [6.07, 6.45) is -0.0159. The van der Waals surface area contributed by atoms with Crippen LogP contribution in [0.25, 0.3) is 10.2 Å². The van der Waals surface area contributed by atoms with Gasteiger partial charge in [-0.25, -0.2) is 4.98 Å². The average molecular weight is 399 g/mol. The lowest BCUT2D eigenvalue weighted by Gasteiger charge is -2.13. The van der Waals surface area contributed by atoms with Gasteiger partial charge in [0, 0.05) is 12.1 Å². The van der Waals surface area contributed by atoms with Crippen molar-refractivity contribution in [3.63, 3.8) is 0 Å². The van der Waals surface area contributed by atoms with Crippen LogP contribution in [0.4, 0.5) is 10.8 Å². The van der Waals surface area contributed by atoms with Crippen LogP contribution in [0.1, 0.15) is 12.5 Å². The first kappa shape index (κ1) is 19.2. The number of carbonyl (C=O) groups is 2. The Balaban J connectivity index is 1.48. The Bertz CT molecular complexity index is 985. The van der Waals surface area contributed by atoms with E-state index < -0.39 is 22.8 Å². The molecule has 0 spiro atoms. The molecule has 0 aliphatic heterocycles. The minimum absolute atomic E-state index is 0.0159. The molecule has 0 saturated carbocycles. The number of fused-ring (bicyclic) bond motifs is 1. The molecule has 0 fully saturated rings. The van der Waals surface area contributed by atoms with Crippen molar-refractivity contribution in [1.82, 2.24) is 15.8 Å². The third-order valence-corrected chi connectivity index (χ3v) is 4.83. The van der Waals surface area contributed by atoms with Gasteiger partial charge in [-0.1, -0.05) is 35.6 Å².